The Bertz CT molecular complexity index is 409. The number of hydrogen-bond acceptors (Lipinski definition) is 2. The van der Waals surface area contributed by atoms with Crippen LogP contribution in [0.3, 0.4) is 0 Å². The van der Waals surface area contributed by atoms with Crippen LogP contribution in [0.4, 0.5) is 10.2 Å². The summed E-state index contributed by atoms with van der Waals surface area (Å²) in [6.07, 6.45) is 6.07. The fraction of sp³-hybridized carbons (Fsp3) is 0.688. The van der Waals surface area contributed by atoms with Crippen LogP contribution >= 0.6 is 0 Å². The van der Waals surface area contributed by atoms with Crippen molar-refractivity contribution < 1.29 is 4.39 Å². The van der Waals surface area contributed by atoms with Gasteiger partial charge in [-0.25, -0.2) is 4.98 Å². The molecule has 0 bridgehead atoms. The van der Waals surface area contributed by atoms with Gasteiger partial charge in [0.25, 0.3) is 0 Å². The summed E-state index contributed by atoms with van der Waals surface area (Å²) in [7, 11) is 0. The van der Waals surface area contributed by atoms with E-state index in [2.05, 4.69) is 31.1 Å². The molecule has 0 aliphatic heterocycles. The lowest BCUT2D eigenvalue weighted by Gasteiger charge is -2.39. The smallest absolute Gasteiger partial charge is 0.214 e. The van der Waals surface area contributed by atoms with E-state index in [0.29, 0.717) is 17.3 Å². The summed E-state index contributed by atoms with van der Waals surface area (Å²) in [4.78, 5) is 3.87. The molecule has 1 aromatic heterocycles. The van der Waals surface area contributed by atoms with Gasteiger partial charge in [0.2, 0.25) is 5.95 Å². The molecule has 1 N–H and O–H groups in total. The second-order valence-corrected chi connectivity index (χ2v) is 6.38. The third-order valence-corrected chi connectivity index (χ3v) is 4.81. The molecule has 0 amide bonds. The number of rotatable bonds is 4. The number of pyridine rings is 1. The average molecular weight is 264 g/mol. The predicted molar refractivity (Wildman–Crippen MR) is 77.6 cm³/mol. The van der Waals surface area contributed by atoms with E-state index in [1.54, 1.807) is 6.07 Å². The van der Waals surface area contributed by atoms with Gasteiger partial charge in [0.15, 0.2) is 0 Å². The summed E-state index contributed by atoms with van der Waals surface area (Å²) in [5.74, 6) is 1.07. The zero-order valence-corrected chi connectivity index (χ0v) is 12.2. The van der Waals surface area contributed by atoms with E-state index < -0.39 is 5.95 Å². The second kappa shape index (κ2) is 5.89. The van der Waals surface area contributed by atoms with Gasteiger partial charge in [-0.1, -0.05) is 33.3 Å². The van der Waals surface area contributed by atoms with Crippen LogP contribution in [0.15, 0.2) is 18.2 Å². The Morgan fingerprint density at radius 3 is 2.53 bits per heavy atom. The molecule has 2 rings (SSSR count). The van der Waals surface area contributed by atoms with Gasteiger partial charge in [0, 0.05) is 6.04 Å². The SMILES string of the molecule is CCC(C)(C)C1CCC(Nc2cccc(F)n2)CC1. The Balaban J connectivity index is 1.87. The topological polar surface area (TPSA) is 24.9 Å². The van der Waals surface area contributed by atoms with Crippen molar-refractivity contribution in [2.45, 2.75) is 58.9 Å². The van der Waals surface area contributed by atoms with Crippen LogP contribution in [0.25, 0.3) is 0 Å². The second-order valence-electron chi connectivity index (χ2n) is 6.38. The van der Waals surface area contributed by atoms with E-state index in [0.717, 1.165) is 18.8 Å². The zero-order valence-electron chi connectivity index (χ0n) is 12.2. The molecule has 0 saturated heterocycles. The maximum absolute atomic E-state index is 13.0. The van der Waals surface area contributed by atoms with Crippen molar-refractivity contribution in [2.75, 3.05) is 5.32 Å². The average Bonchev–Trinajstić information content (AvgIpc) is 2.39. The highest BCUT2D eigenvalue weighted by molar-refractivity contribution is 5.34. The highest BCUT2D eigenvalue weighted by Gasteiger charge is 2.31. The number of aromatic nitrogens is 1. The Kier molecular flexibility index (Phi) is 4.43. The number of halogens is 1. The Morgan fingerprint density at radius 1 is 1.26 bits per heavy atom. The summed E-state index contributed by atoms with van der Waals surface area (Å²) in [5.41, 5.74) is 0.447. The standard InChI is InChI=1S/C16H25FN2/c1-4-16(2,3)12-8-10-13(11-9-12)18-15-7-5-6-14(17)19-15/h5-7,12-13H,4,8-11H2,1-3H3,(H,18,19). The van der Waals surface area contributed by atoms with Crippen molar-refractivity contribution in [3.63, 3.8) is 0 Å². The first-order valence-electron chi connectivity index (χ1n) is 7.40. The summed E-state index contributed by atoms with van der Waals surface area (Å²) in [5, 5.41) is 3.36. The first-order valence-corrected chi connectivity index (χ1v) is 7.40. The van der Waals surface area contributed by atoms with Gasteiger partial charge in [-0.05, 0) is 49.1 Å². The van der Waals surface area contributed by atoms with Gasteiger partial charge >= 0.3 is 0 Å². The molecule has 3 heteroatoms. The van der Waals surface area contributed by atoms with Gasteiger partial charge in [0.05, 0.1) is 0 Å². The molecule has 0 atom stereocenters. The number of nitrogens with one attached hydrogen (secondary N) is 1. The van der Waals surface area contributed by atoms with E-state index in [1.807, 2.05) is 6.07 Å². The molecule has 106 valence electrons. The molecule has 1 aliphatic rings. The van der Waals surface area contributed by atoms with Crippen LogP contribution in [0.5, 0.6) is 0 Å². The largest absolute Gasteiger partial charge is 0.367 e. The monoisotopic (exact) mass is 264 g/mol. The zero-order chi connectivity index (χ0) is 13.9. The van der Waals surface area contributed by atoms with Crippen molar-refractivity contribution in [3.05, 3.63) is 24.1 Å². The van der Waals surface area contributed by atoms with E-state index in [9.17, 15) is 4.39 Å². The Labute approximate surface area is 115 Å². The minimum Gasteiger partial charge on any atom is -0.367 e. The normalized spacial score (nSPS) is 24.2. The molecule has 1 saturated carbocycles. The molecule has 1 aromatic rings. The Morgan fingerprint density at radius 2 is 1.95 bits per heavy atom. The lowest BCUT2D eigenvalue weighted by molar-refractivity contribution is 0.147. The molecule has 0 spiro atoms. The van der Waals surface area contributed by atoms with Crippen LogP contribution in [0.2, 0.25) is 0 Å². The minimum atomic E-state index is -0.411. The minimum absolute atomic E-state index is 0.411. The van der Waals surface area contributed by atoms with Crippen molar-refractivity contribution in [1.29, 1.82) is 0 Å². The summed E-state index contributed by atoms with van der Waals surface area (Å²) in [6, 6.07) is 5.37. The van der Waals surface area contributed by atoms with Gasteiger partial charge in [-0.3, -0.25) is 0 Å². The summed E-state index contributed by atoms with van der Waals surface area (Å²) >= 11 is 0. The molecule has 0 aromatic carbocycles. The van der Waals surface area contributed by atoms with Gasteiger partial charge < -0.3 is 5.32 Å². The molecule has 1 aliphatic carbocycles. The van der Waals surface area contributed by atoms with Crippen molar-refractivity contribution in [1.82, 2.24) is 4.98 Å². The van der Waals surface area contributed by atoms with Crippen LogP contribution < -0.4 is 5.32 Å². The van der Waals surface area contributed by atoms with Crippen LogP contribution in [0.1, 0.15) is 52.9 Å². The lowest BCUT2D eigenvalue weighted by Crippen LogP contribution is -2.32. The highest BCUT2D eigenvalue weighted by atomic mass is 19.1. The number of hydrogen-bond donors (Lipinski definition) is 1. The maximum atomic E-state index is 13.0. The third kappa shape index (κ3) is 3.68. The van der Waals surface area contributed by atoms with E-state index in [4.69, 9.17) is 0 Å². The Hall–Kier alpha value is -1.12. The van der Waals surface area contributed by atoms with Crippen LogP contribution in [0, 0.1) is 17.3 Å². The maximum Gasteiger partial charge on any atom is 0.214 e. The number of anilines is 1. The first-order chi connectivity index (χ1) is 9.01. The molecule has 2 nitrogen and oxygen atoms in total. The molecule has 0 unspecified atom stereocenters. The van der Waals surface area contributed by atoms with Gasteiger partial charge in [-0.15, -0.1) is 0 Å². The predicted octanol–water partition coefficient (Wildman–Crippen LogP) is 4.63. The first kappa shape index (κ1) is 14.3. The van der Waals surface area contributed by atoms with Crippen molar-refractivity contribution in [2.24, 2.45) is 11.3 Å². The van der Waals surface area contributed by atoms with Crippen molar-refractivity contribution >= 4 is 5.82 Å². The molecule has 1 heterocycles. The summed E-state index contributed by atoms with van der Waals surface area (Å²) < 4.78 is 13.0. The van der Waals surface area contributed by atoms with Crippen LogP contribution in [-0.2, 0) is 0 Å². The van der Waals surface area contributed by atoms with Crippen LogP contribution in [-0.4, -0.2) is 11.0 Å². The van der Waals surface area contributed by atoms with Gasteiger partial charge in [-0.2, -0.15) is 4.39 Å². The molecular weight excluding hydrogens is 239 g/mol. The van der Waals surface area contributed by atoms with Gasteiger partial charge in [0.1, 0.15) is 5.82 Å². The quantitative estimate of drug-likeness (QED) is 0.802. The van der Waals surface area contributed by atoms with E-state index in [-0.39, 0.29) is 0 Å². The third-order valence-electron chi connectivity index (χ3n) is 4.81. The molecule has 0 radical (unpaired) electrons. The summed E-state index contributed by atoms with van der Waals surface area (Å²) in [6.45, 7) is 7.03. The fourth-order valence-electron chi connectivity index (χ4n) is 3.01. The lowest BCUT2D eigenvalue weighted by atomic mass is 9.69. The highest BCUT2D eigenvalue weighted by Crippen LogP contribution is 2.40. The van der Waals surface area contributed by atoms with Crippen molar-refractivity contribution in [3.8, 4) is 0 Å². The fourth-order valence-corrected chi connectivity index (χ4v) is 3.01. The van der Waals surface area contributed by atoms with E-state index >= 15 is 0 Å². The molecule has 1 fully saturated rings. The number of nitrogens with zero attached hydrogens (tertiary/aromatic N) is 1. The van der Waals surface area contributed by atoms with E-state index in [1.165, 1.54) is 25.3 Å². The molecular formula is C16H25FN2. The molecule has 19 heavy (non-hydrogen) atoms.